The lowest BCUT2D eigenvalue weighted by Gasteiger charge is -2.38. The van der Waals surface area contributed by atoms with Crippen LogP contribution in [0.4, 0.5) is 5.95 Å². The first-order valence-corrected chi connectivity index (χ1v) is 10.9. The average molecular weight is 493 g/mol. The Morgan fingerprint density at radius 1 is 1.06 bits per heavy atom. The number of ether oxygens (including phenoxy) is 1. The molecule has 0 aliphatic carbocycles. The van der Waals surface area contributed by atoms with E-state index in [-0.39, 0.29) is 12.1 Å². The Hall–Kier alpha value is -3.16. The standard InChI is InChI=1S/C23H15BrClN5O/c24-15-5-1-3-13(9-15)22-19-20(17-10-16(25)6-7-18(17)31-22)29-23-27-12-28-30(23)21(19)14-4-2-8-26-11-14/h1-12,21-22H,(H,27,28,29). The molecule has 2 aliphatic rings. The van der Waals surface area contributed by atoms with Crippen molar-refractivity contribution < 1.29 is 4.74 Å². The van der Waals surface area contributed by atoms with Gasteiger partial charge in [-0.1, -0.05) is 45.7 Å². The minimum atomic E-state index is -0.337. The molecule has 2 aliphatic heterocycles. The maximum Gasteiger partial charge on any atom is 0.226 e. The summed E-state index contributed by atoms with van der Waals surface area (Å²) in [5.74, 6) is 1.42. The Kier molecular flexibility index (Phi) is 4.33. The number of hydrogen-bond donors (Lipinski definition) is 1. The number of benzene rings is 2. The Labute approximate surface area is 191 Å². The fourth-order valence-electron chi connectivity index (χ4n) is 4.24. The number of hydrogen-bond acceptors (Lipinski definition) is 5. The van der Waals surface area contributed by atoms with E-state index >= 15 is 0 Å². The van der Waals surface area contributed by atoms with E-state index in [1.165, 1.54) is 0 Å². The van der Waals surface area contributed by atoms with E-state index in [1.54, 1.807) is 12.5 Å². The number of pyridine rings is 1. The predicted octanol–water partition coefficient (Wildman–Crippen LogP) is 5.65. The van der Waals surface area contributed by atoms with Gasteiger partial charge in [-0.2, -0.15) is 10.1 Å². The zero-order valence-electron chi connectivity index (χ0n) is 16.0. The summed E-state index contributed by atoms with van der Waals surface area (Å²) in [6, 6.07) is 17.6. The van der Waals surface area contributed by atoms with Crippen LogP contribution in [0.25, 0.3) is 5.70 Å². The molecule has 0 radical (unpaired) electrons. The summed E-state index contributed by atoms with van der Waals surface area (Å²) in [5.41, 5.74) is 4.89. The van der Waals surface area contributed by atoms with Crippen molar-refractivity contribution in [2.24, 2.45) is 0 Å². The van der Waals surface area contributed by atoms with Crippen molar-refractivity contribution in [1.29, 1.82) is 0 Å². The van der Waals surface area contributed by atoms with Crippen LogP contribution in [0, 0.1) is 0 Å². The van der Waals surface area contributed by atoms with Crippen LogP contribution in [0.2, 0.25) is 5.02 Å². The third-order valence-corrected chi connectivity index (χ3v) is 6.26. The summed E-state index contributed by atoms with van der Waals surface area (Å²) in [5, 5.41) is 8.63. The molecule has 2 atom stereocenters. The number of nitrogens with zero attached hydrogens (tertiary/aromatic N) is 4. The van der Waals surface area contributed by atoms with Gasteiger partial charge in [-0.25, -0.2) is 4.68 Å². The maximum atomic E-state index is 6.58. The topological polar surface area (TPSA) is 64.9 Å². The van der Waals surface area contributed by atoms with Gasteiger partial charge in [-0.05, 0) is 47.5 Å². The summed E-state index contributed by atoms with van der Waals surface area (Å²) in [6.45, 7) is 0. The van der Waals surface area contributed by atoms with Gasteiger partial charge in [-0.15, -0.1) is 0 Å². The van der Waals surface area contributed by atoms with E-state index in [0.717, 1.165) is 38.2 Å². The molecule has 6 nitrogen and oxygen atoms in total. The highest BCUT2D eigenvalue weighted by molar-refractivity contribution is 9.10. The molecule has 2 unspecified atom stereocenters. The largest absolute Gasteiger partial charge is 0.480 e. The SMILES string of the molecule is Clc1ccc2c(c1)C1=C(C(c3cccc(Br)c3)O2)C(c2cccnc2)n2ncnc2N1. The van der Waals surface area contributed by atoms with Crippen LogP contribution in [-0.4, -0.2) is 19.7 Å². The zero-order chi connectivity index (χ0) is 20.9. The predicted molar refractivity (Wildman–Crippen MR) is 122 cm³/mol. The van der Waals surface area contributed by atoms with Gasteiger partial charge < -0.3 is 10.1 Å². The van der Waals surface area contributed by atoms with Crippen molar-refractivity contribution in [2.45, 2.75) is 12.1 Å². The fourth-order valence-corrected chi connectivity index (χ4v) is 4.83. The number of aromatic nitrogens is 4. The van der Waals surface area contributed by atoms with Crippen molar-refractivity contribution in [2.75, 3.05) is 5.32 Å². The van der Waals surface area contributed by atoms with Gasteiger partial charge in [0, 0.05) is 33.0 Å². The first-order chi connectivity index (χ1) is 15.2. The van der Waals surface area contributed by atoms with Crippen molar-refractivity contribution in [3.8, 4) is 5.75 Å². The first-order valence-electron chi connectivity index (χ1n) is 9.71. The van der Waals surface area contributed by atoms with Crippen LogP contribution in [0.1, 0.15) is 28.8 Å². The first kappa shape index (κ1) is 18.6. The van der Waals surface area contributed by atoms with Crippen LogP contribution in [0.3, 0.4) is 0 Å². The molecule has 0 bridgehead atoms. The summed E-state index contributed by atoms with van der Waals surface area (Å²) in [6.07, 6.45) is 4.84. The Morgan fingerprint density at radius 3 is 2.81 bits per heavy atom. The van der Waals surface area contributed by atoms with Gasteiger partial charge in [0.25, 0.3) is 0 Å². The quantitative estimate of drug-likeness (QED) is 0.392. The number of nitrogens with one attached hydrogen (secondary N) is 1. The molecule has 2 aromatic heterocycles. The molecule has 0 fully saturated rings. The van der Waals surface area contributed by atoms with Crippen LogP contribution in [0.15, 0.2) is 83.4 Å². The molecule has 31 heavy (non-hydrogen) atoms. The van der Waals surface area contributed by atoms with Gasteiger partial charge in [-0.3, -0.25) is 4.98 Å². The van der Waals surface area contributed by atoms with Gasteiger partial charge in [0.2, 0.25) is 5.95 Å². The van der Waals surface area contributed by atoms with Crippen molar-refractivity contribution in [3.63, 3.8) is 0 Å². The van der Waals surface area contributed by atoms with E-state index in [1.807, 2.05) is 53.3 Å². The minimum absolute atomic E-state index is 0.237. The van der Waals surface area contributed by atoms with Crippen LogP contribution >= 0.6 is 27.5 Å². The lowest BCUT2D eigenvalue weighted by molar-refractivity contribution is 0.223. The van der Waals surface area contributed by atoms with E-state index in [0.29, 0.717) is 11.0 Å². The zero-order valence-corrected chi connectivity index (χ0v) is 18.4. The van der Waals surface area contributed by atoms with E-state index in [9.17, 15) is 0 Å². The lowest BCUT2D eigenvalue weighted by Crippen LogP contribution is -2.32. The highest BCUT2D eigenvalue weighted by Gasteiger charge is 2.41. The van der Waals surface area contributed by atoms with Crippen LogP contribution < -0.4 is 10.1 Å². The average Bonchev–Trinajstić information content (AvgIpc) is 3.26. The number of fused-ring (bicyclic) bond motifs is 3. The highest BCUT2D eigenvalue weighted by Crippen LogP contribution is 2.51. The molecule has 0 amide bonds. The second-order valence-corrected chi connectivity index (χ2v) is 8.72. The Morgan fingerprint density at radius 2 is 1.97 bits per heavy atom. The molecule has 2 aromatic carbocycles. The molecule has 1 N–H and O–H groups in total. The van der Waals surface area contributed by atoms with Gasteiger partial charge >= 0.3 is 0 Å². The Bertz CT molecular complexity index is 1340. The Balaban J connectivity index is 1.65. The van der Waals surface area contributed by atoms with E-state index in [4.69, 9.17) is 16.3 Å². The van der Waals surface area contributed by atoms with Crippen LogP contribution in [0.5, 0.6) is 5.75 Å². The third kappa shape index (κ3) is 3.04. The smallest absolute Gasteiger partial charge is 0.226 e. The fraction of sp³-hybridized carbons (Fsp3) is 0.0870. The monoisotopic (exact) mass is 491 g/mol. The summed E-state index contributed by atoms with van der Waals surface area (Å²) < 4.78 is 9.44. The van der Waals surface area contributed by atoms with Crippen LogP contribution in [-0.2, 0) is 0 Å². The summed E-state index contributed by atoms with van der Waals surface area (Å²) in [4.78, 5) is 8.79. The second-order valence-electron chi connectivity index (χ2n) is 7.37. The molecule has 152 valence electrons. The molecule has 0 saturated heterocycles. The molecule has 6 rings (SSSR count). The molecule has 4 heterocycles. The van der Waals surface area contributed by atoms with Gasteiger partial charge in [0.15, 0.2) is 0 Å². The lowest BCUT2D eigenvalue weighted by atomic mass is 9.85. The number of halogens is 2. The van der Waals surface area contributed by atoms with Gasteiger partial charge in [0.1, 0.15) is 24.2 Å². The molecule has 4 aromatic rings. The minimum Gasteiger partial charge on any atom is -0.480 e. The molecular weight excluding hydrogens is 478 g/mol. The summed E-state index contributed by atoms with van der Waals surface area (Å²) in [7, 11) is 0. The molecule has 8 heteroatoms. The van der Waals surface area contributed by atoms with E-state index in [2.05, 4.69) is 48.4 Å². The maximum absolute atomic E-state index is 6.58. The second kappa shape index (κ2) is 7.21. The van der Waals surface area contributed by atoms with E-state index < -0.39 is 0 Å². The summed E-state index contributed by atoms with van der Waals surface area (Å²) >= 11 is 9.95. The number of rotatable bonds is 2. The molecule has 0 spiro atoms. The molecular formula is C23H15BrClN5O. The van der Waals surface area contributed by atoms with Crippen molar-refractivity contribution in [1.82, 2.24) is 19.7 Å². The van der Waals surface area contributed by atoms with Crippen molar-refractivity contribution >= 4 is 39.2 Å². The third-order valence-electron chi connectivity index (χ3n) is 5.53. The number of anilines is 1. The normalized spacial score (nSPS) is 19.0. The van der Waals surface area contributed by atoms with Gasteiger partial charge in [0.05, 0.1) is 5.70 Å². The molecule has 0 saturated carbocycles. The van der Waals surface area contributed by atoms with Crippen molar-refractivity contribution in [3.05, 3.63) is 105 Å². The highest BCUT2D eigenvalue weighted by atomic mass is 79.9.